The van der Waals surface area contributed by atoms with Gasteiger partial charge in [-0.1, -0.05) is 40.0 Å². The lowest BCUT2D eigenvalue weighted by molar-refractivity contribution is -0.123. The highest BCUT2D eigenvalue weighted by molar-refractivity contribution is 7.18. The molecule has 0 bridgehead atoms. The van der Waals surface area contributed by atoms with Crippen LogP contribution in [0.15, 0.2) is 6.07 Å². The van der Waals surface area contributed by atoms with Gasteiger partial charge in [0.2, 0.25) is 5.91 Å². The maximum atomic E-state index is 12.8. The van der Waals surface area contributed by atoms with E-state index in [9.17, 15) is 9.59 Å². The Morgan fingerprint density at radius 2 is 1.83 bits per heavy atom. The van der Waals surface area contributed by atoms with Crippen molar-refractivity contribution in [3.8, 4) is 0 Å². The van der Waals surface area contributed by atoms with E-state index in [2.05, 4.69) is 5.32 Å². The first-order chi connectivity index (χ1) is 10.7. The monoisotopic (exact) mass is 336 g/mol. The minimum Gasteiger partial charge on any atom is -0.338 e. The van der Waals surface area contributed by atoms with Gasteiger partial charge in [-0.2, -0.15) is 0 Å². The molecular formula is C18H28N2O2S. The number of carbonyl (C=O) groups is 2. The van der Waals surface area contributed by atoms with Gasteiger partial charge in [0.25, 0.3) is 5.91 Å². The van der Waals surface area contributed by atoms with Gasteiger partial charge in [0.05, 0.1) is 9.88 Å². The third-order valence-electron chi connectivity index (χ3n) is 4.47. The maximum absolute atomic E-state index is 12.8. The summed E-state index contributed by atoms with van der Waals surface area (Å²) in [6, 6.07) is 2.25. The number of rotatable bonds is 3. The van der Waals surface area contributed by atoms with E-state index >= 15 is 0 Å². The first-order valence-electron chi connectivity index (χ1n) is 8.39. The van der Waals surface area contributed by atoms with E-state index in [1.807, 2.05) is 45.7 Å². The number of aryl methyl sites for hydroxylation is 1. The number of hydrogen-bond donors (Lipinski definition) is 1. The Labute approximate surface area is 143 Å². The van der Waals surface area contributed by atoms with Crippen molar-refractivity contribution < 1.29 is 9.59 Å². The van der Waals surface area contributed by atoms with E-state index in [1.54, 1.807) is 0 Å². The summed E-state index contributed by atoms with van der Waals surface area (Å²) in [4.78, 5) is 27.5. The molecule has 1 N–H and O–H groups in total. The Morgan fingerprint density at radius 3 is 2.39 bits per heavy atom. The quantitative estimate of drug-likeness (QED) is 0.887. The predicted octanol–water partition coefficient (Wildman–Crippen LogP) is 4.45. The van der Waals surface area contributed by atoms with Crippen LogP contribution in [0.4, 0.5) is 5.00 Å². The van der Waals surface area contributed by atoms with E-state index in [4.69, 9.17) is 0 Å². The molecule has 1 aromatic rings. The molecule has 2 rings (SSSR count). The standard InChI is InChI=1S/C18H28N2O2S/c1-12-11-14(19-17(22)18(2,3)4)23-15(12)16(21)20(5)13-9-7-6-8-10-13/h11,13H,6-10H2,1-5H3,(H,19,22). The summed E-state index contributed by atoms with van der Waals surface area (Å²) in [5, 5.41) is 3.68. The lowest BCUT2D eigenvalue weighted by atomic mass is 9.94. The Kier molecular flexibility index (Phi) is 5.50. The van der Waals surface area contributed by atoms with E-state index < -0.39 is 5.41 Å². The molecule has 0 unspecified atom stereocenters. The summed E-state index contributed by atoms with van der Waals surface area (Å²) >= 11 is 1.38. The third-order valence-corrected chi connectivity index (χ3v) is 5.61. The molecule has 1 aromatic heterocycles. The summed E-state index contributed by atoms with van der Waals surface area (Å²) in [7, 11) is 1.91. The van der Waals surface area contributed by atoms with Gasteiger partial charge in [0, 0.05) is 18.5 Å². The van der Waals surface area contributed by atoms with Crippen LogP contribution in [0.2, 0.25) is 0 Å². The number of nitrogens with zero attached hydrogens (tertiary/aromatic N) is 1. The number of carbonyl (C=O) groups excluding carboxylic acids is 2. The largest absolute Gasteiger partial charge is 0.338 e. The molecule has 1 fully saturated rings. The smallest absolute Gasteiger partial charge is 0.264 e. The average Bonchev–Trinajstić information content (AvgIpc) is 2.86. The van der Waals surface area contributed by atoms with Crippen LogP contribution in [0.5, 0.6) is 0 Å². The van der Waals surface area contributed by atoms with Crippen LogP contribution >= 0.6 is 11.3 Å². The number of nitrogens with one attached hydrogen (secondary N) is 1. The van der Waals surface area contributed by atoms with Crippen molar-refractivity contribution in [2.75, 3.05) is 12.4 Å². The maximum Gasteiger partial charge on any atom is 0.264 e. The summed E-state index contributed by atoms with van der Waals surface area (Å²) in [5.74, 6) is 0.0500. The molecule has 5 heteroatoms. The Balaban J connectivity index is 2.10. The molecule has 0 spiro atoms. The van der Waals surface area contributed by atoms with Gasteiger partial charge in [-0.25, -0.2) is 0 Å². The Bertz CT molecular complexity index is 580. The van der Waals surface area contributed by atoms with Crippen molar-refractivity contribution >= 4 is 28.2 Å². The summed E-state index contributed by atoms with van der Waals surface area (Å²) < 4.78 is 0. The van der Waals surface area contributed by atoms with Crippen molar-refractivity contribution in [2.24, 2.45) is 5.41 Å². The fourth-order valence-corrected chi connectivity index (χ4v) is 3.90. The van der Waals surface area contributed by atoms with Crippen molar-refractivity contribution in [2.45, 2.75) is 65.8 Å². The van der Waals surface area contributed by atoms with E-state index in [-0.39, 0.29) is 11.8 Å². The molecule has 2 amide bonds. The SMILES string of the molecule is Cc1cc(NC(=O)C(C)(C)C)sc1C(=O)N(C)C1CCCCC1. The lowest BCUT2D eigenvalue weighted by Crippen LogP contribution is -2.38. The topological polar surface area (TPSA) is 49.4 Å². The molecule has 1 aliphatic rings. The van der Waals surface area contributed by atoms with Gasteiger partial charge in [0.15, 0.2) is 0 Å². The van der Waals surface area contributed by atoms with E-state index in [0.717, 1.165) is 28.3 Å². The molecule has 0 atom stereocenters. The minimum atomic E-state index is -0.443. The van der Waals surface area contributed by atoms with Crippen molar-refractivity contribution in [3.63, 3.8) is 0 Å². The Hall–Kier alpha value is -1.36. The second-order valence-corrected chi connectivity index (χ2v) is 8.59. The molecule has 128 valence electrons. The molecule has 0 aliphatic heterocycles. The van der Waals surface area contributed by atoms with Crippen LogP contribution < -0.4 is 5.32 Å². The summed E-state index contributed by atoms with van der Waals surface area (Å²) in [6.45, 7) is 7.58. The predicted molar refractivity (Wildman–Crippen MR) is 96.1 cm³/mol. The zero-order valence-corrected chi connectivity index (χ0v) is 15.7. The normalized spacial score (nSPS) is 16.2. The lowest BCUT2D eigenvalue weighted by Gasteiger charge is -2.31. The summed E-state index contributed by atoms with van der Waals surface area (Å²) in [6.07, 6.45) is 5.89. The average molecular weight is 337 g/mol. The van der Waals surface area contributed by atoms with Gasteiger partial charge >= 0.3 is 0 Å². The first-order valence-corrected chi connectivity index (χ1v) is 9.21. The molecule has 1 saturated carbocycles. The zero-order valence-electron chi connectivity index (χ0n) is 14.9. The fraction of sp³-hybridized carbons (Fsp3) is 0.667. The van der Waals surface area contributed by atoms with Gasteiger partial charge in [-0.3, -0.25) is 9.59 Å². The van der Waals surface area contributed by atoms with Gasteiger partial charge in [0.1, 0.15) is 0 Å². The minimum absolute atomic E-state index is 0.0293. The number of anilines is 1. The van der Waals surface area contributed by atoms with Crippen LogP contribution in [0.1, 0.15) is 68.1 Å². The summed E-state index contributed by atoms with van der Waals surface area (Å²) in [5.41, 5.74) is 0.493. The highest BCUT2D eigenvalue weighted by Gasteiger charge is 2.27. The highest BCUT2D eigenvalue weighted by Crippen LogP contribution is 2.31. The molecule has 0 aromatic carbocycles. The number of amides is 2. The molecule has 4 nitrogen and oxygen atoms in total. The second kappa shape index (κ2) is 7.04. The van der Waals surface area contributed by atoms with Crippen LogP contribution in [-0.4, -0.2) is 29.8 Å². The molecule has 1 aliphatic carbocycles. The molecule has 0 radical (unpaired) electrons. The van der Waals surface area contributed by atoms with Crippen molar-refractivity contribution in [3.05, 3.63) is 16.5 Å². The molecule has 0 saturated heterocycles. The molecule has 23 heavy (non-hydrogen) atoms. The van der Waals surface area contributed by atoms with Crippen molar-refractivity contribution in [1.29, 1.82) is 0 Å². The second-order valence-electron chi connectivity index (χ2n) is 7.53. The van der Waals surface area contributed by atoms with Gasteiger partial charge in [-0.15, -0.1) is 11.3 Å². The number of thiophene rings is 1. The van der Waals surface area contributed by atoms with Gasteiger partial charge in [-0.05, 0) is 31.4 Å². The number of hydrogen-bond acceptors (Lipinski definition) is 3. The molecular weight excluding hydrogens is 308 g/mol. The van der Waals surface area contributed by atoms with E-state index in [1.165, 1.54) is 30.6 Å². The van der Waals surface area contributed by atoms with Gasteiger partial charge < -0.3 is 10.2 Å². The fourth-order valence-electron chi connectivity index (χ4n) is 2.85. The van der Waals surface area contributed by atoms with Crippen LogP contribution in [0.25, 0.3) is 0 Å². The first kappa shape index (κ1) is 18.0. The van der Waals surface area contributed by atoms with E-state index in [0.29, 0.717) is 6.04 Å². The zero-order chi connectivity index (χ0) is 17.2. The van der Waals surface area contributed by atoms with Crippen molar-refractivity contribution in [1.82, 2.24) is 4.90 Å². The van der Waals surface area contributed by atoms with Crippen LogP contribution in [-0.2, 0) is 4.79 Å². The third kappa shape index (κ3) is 4.34. The highest BCUT2D eigenvalue weighted by atomic mass is 32.1. The van der Waals surface area contributed by atoms with Crippen LogP contribution in [0.3, 0.4) is 0 Å². The van der Waals surface area contributed by atoms with Crippen LogP contribution in [0, 0.1) is 12.3 Å². The Morgan fingerprint density at radius 1 is 1.22 bits per heavy atom. The molecule has 1 heterocycles.